The minimum atomic E-state index is -0.404. The van der Waals surface area contributed by atoms with Crippen molar-refractivity contribution in [3.63, 3.8) is 0 Å². The molecule has 6 heteroatoms. The van der Waals surface area contributed by atoms with Gasteiger partial charge in [0.25, 0.3) is 5.91 Å². The number of aromatic nitrogens is 1. The second-order valence-electron chi connectivity index (χ2n) is 8.94. The molecule has 3 aliphatic rings. The highest BCUT2D eigenvalue weighted by molar-refractivity contribution is 6.02. The molecule has 6 nitrogen and oxygen atoms in total. The van der Waals surface area contributed by atoms with E-state index in [9.17, 15) is 9.59 Å². The summed E-state index contributed by atoms with van der Waals surface area (Å²) in [5.74, 6) is 0.0775. The molecule has 2 fully saturated rings. The van der Waals surface area contributed by atoms with Gasteiger partial charge in [-0.1, -0.05) is 49.6 Å². The summed E-state index contributed by atoms with van der Waals surface area (Å²) in [7, 11) is 0. The number of hydrogen-bond acceptors (Lipinski definition) is 2. The minimum absolute atomic E-state index is 0.0148. The van der Waals surface area contributed by atoms with Crippen molar-refractivity contribution in [1.29, 1.82) is 0 Å². The summed E-state index contributed by atoms with van der Waals surface area (Å²) in [5, 5.41) is 3.22. The quantitative estimate of drug-likeness (QED) is 0.805. The molecule has 158 valence electrons. The molecule has 1 aromatic heterocycles. The summed E-state index contributed by atoms with van der Waals surface area (Å²) in [6.07, 6.45) is 8.05. The zero-order valence-corrected chi connectivity index (χ0v) is 17.4. The van der Waals surface area contributed by atoms with Crippen molar-refractivity contribution in [2.24, 2.45) is 5.73 Å². The van der Waals surface area contributed by atoms with Crippen LogP contribution in [0.25, 0.3) is 11.1 Å². The number of carbonyl (C=O) groups excluding carboxylic acids is 2. The Morgan fingerprint density at radius 3 is 2.37 bits per heavy atom. The van der Waals surface area contributed by atoms with Crippen LogP contribution in [0.4, 0.5) is 4.79 Å². The van der Waals surface area contributed by atoms with Crippen molar-refractivity contribution in [2.75, 3.05) is 6.54 Å². The Morgan fingerprint density at radius 2 is 1.70 bits per heavy atom. The van der Waals surface area contributed by atoms with Gasteiger partial charge in [0, 0.05) is 30.4 Å². The summed E-state index contributed by atoms with van der Waals surface area (Å²) >= 11 is 0. The lowest BCUT2D eigenvalue weighted by Gasteiger charge is -2.32. The number of hydrogen-bond donors (Lipinski definition) is 2. The number of urea groups is 1. The number of amides is 3. The monoisotopic (exact) mass is 406 g/mol. The van der Waals surface area contributed by atoms with E-state index in [0.29, 0.717) is 31.1 Å². The maximum atomic E-state index is 13.0. The average Bonchev–Trinajstić information content (AvgIpc) is 3.54. The summed E-state index contributed by atoms with van der Waals surface area (Å²) in [4.78, 5) is 27.4. The number of benzene rings is 1. The fourth-order valence-corrected chi connectivity index (χ4v) is 5.22. The molecule has 0 spiro atoms. The van der Waals surface area contributed by atoms with Gasteiger partial charge in [0.1, 0.15) is 0 Å². The normalized spacial score (nSPS) is 19.4. The van der Waals surface area contributed by atoms with E-state index in [-0.39, 0.29) is 12.1 Å². The Kier molecular flexibility index (Phi) is 5.01. The van der Waals surface area contributed by atoms with E-state index in [1.165, 1.54) is 25.0 Å². The lowest BCUT2D eigenvalue weighted by molar-refractivity contribution is 0.0997. The summed E-state index contributed by atoms with van der Waals surface area (Å²) < 4.78 is 2.28. The van der Waals surface area contributed by atoms with Crippen LogP contribution in [-0.4, -0.2) is 34.0 Å². The van der Waals surface area contributed by atoms with Crippen LogP contribution in [0.2, 0.25) is 0 Å². The van der Waals surface area contributed by atoms with Gasteiger partial charge in [-0.2, -0.15) is 0 Å². The molecule has 1 aliphatic heterocycles. The number of nitrogens with one attached hydrogen (secondary N) is 1. The van der Waals surface area contributed by atoms with Crippen LogP contribution in [0.5, 0.6) is 0 Å². The minimum Gasteiger partial charge on any atom is -0.366 e. The van der Waals surface area contributed by atoms with Crippen molar-refractivity contribution in [1.82, 2.24) is 14.8 Å². The molecule has 30 heavy (non-hydrogen) atoms. The third-order valence-electron chi connectivity index (χ3n) is 6.84. The van der Waals surface area contributed by atoms with E-state index in [1.54, 1.807) is 0 Å². The van der Waals surface area contributed by atoms with Crippen LogP contribution >= 0.6 is 0 Å². The predicted octanol–water partition coefficient (Wildman–Crippen LogP) is 3.99. The lowest BCUT2D eigenvalue weighted by Crippen LogP contribution is -2.48. The Labute approximate surface area is 177 Å². The Morgan fingerprint density at radius 1 is 0.967 bits per heavy atom. The van der Waals surface area contributed by atoms with E-state index >= 15 is 0 Å². The number of nitrogens with zero attached hydrogens (tertiary/aromatic N) is 2. The molecular weight excluding hydrogens is 376 g/mol. The molecule has 0 radical (unpaired) electrons. The molecule has 0 unspecified atom stereocenters. The molecule has 2 heterocycles. The van der Waals surface area contributed by atoms with Gasteiger partial charge >= 0.3 is 6.03 Å². The van der Waals surface area contributed by atoms with Crippen LogP contribution in [0, 0.1) is 0 Å². The zero-order chi connectivity index (χ0) is 20.7. The third-order valence-corrected chi connectivity index (χ3v) is 6.84. The van der Waals surface area contributed by atoms with E-state index < -0.39 is 5.91 Å². The van der Waals surface area contributed by atoms with Gasteiger partial charge in [0.05, 0.1) is 17.8 Å². The molecule has 2 aromatic rings. The molecule has 3 N–H and O–H groups in total. The molecule has 1 aromatic carbocycles. The molecule has 5 rings (SSSR count). The van der Waals surface area contributed by atoms with Gasteiger partial charge in [0.2, 0.25) is 0 Å². The van der Waals surface area contributed by atoms with Crippen LogP contribution in [-0.2, 0) is 13.1 Å². The van der Waals surface area contributed by atoms with Gasteiger partial charge in [-0.15, -0.1) is 0 Å². The second-order valence-corrected chi connectivity index (χ2v) is 8.94. The topological polar surface area (TPSA) is 80.4 Å². The Bertz CT molecular complexity index is 955. The maximum absolute atomic E-state index is 13.0. The highest BCUT2D eigenvalue weighted by Gasteiger charge is 2.38. The first-order chi connectivity index (χ1) is 14.6. The Hall–Kier alpha value is -2.76. The number of nitrogens with two attached hydrogens (primary N) is 1. The molecule has 0 saturated heterocycles. The van der Waals surface area contributed by atoms with Crippen LogP contribution < -0.4 is 11.1 Å². The van der Waals surface area contributed by atoms with Gasteiger partial charge in [-0.05, 0) is 37.2 Å². The molecule has 2 aliphatic carbocycles. The Balaban J connectivity index is 1.49. The van der Waals surface area contributed by atoms with Crippen molar-refractivity contribution < 1.29 is 9.59 Å². The fraction of sp³-hybridized carbons (Fsp3) is 0.500. The summed E-state index contributed by atoms with van der Waals surface area (Å²) in [6, 6.07) is 10.3. The molecule has 0 bridgehead atoms. The predicted molar refractivity (Wildman–Crippen MR) is 116 cm³/mol. The van der Waals surface area contributed by atoms with Gasteiger partial charge < -0.3 is 20.5 Å². The first-order valence-electron chi connectivity index (χ1n) is 11.3. The number of carbonyl (C=O) groups is 2. The van der Waals surface area contributed by atoms with E-state index in [0.717, 1.165) is 42.5 Å². The fourth-order valence-electron chi connectivity index (χ4n) is 5.22. The van der Waals surface area contributed by atoms with E-state index in [1.807, 2.05) is 35.2 Å². The van der Waals surface area contributed by atoms with Crippen molar-refractivity contribution in [3.8, 4) is 11.1 Å². The highest BCUT2D eigenvalue weighted by Crippen LogP contribution is 2.48. The van der Waals surface area contributed by atoms with Gasteiger partial charge in [-0.3, -0.25) is 4.79 Å². The van der Waals surface area contributed by atoms with Crippen LogP contribution in [0.3, 0.4) is 0 Å². The molecule has 2 saturated carbocycles. The summed E-state index contributed by atoms with van der Waals surface area (Å²) in [6.45, 7) is 1.81. The van der Waals surface area contributed by atoms with E-state index in [2.05, 4.69) is 9.88 Å². The molecule has 3 amide bonds. The maximum Gasteiger partial charge on any atom is 0.318 e. The van der Waals surface area contributed by atoms with Crippen LogP contribution in [0.15, 0.2) is 30.3 Å². The van der Waals surface area contributed by atoms with Gasteiger partial charge in [0.15, 0.2) is 0 Å². The SMILES string of the molecule is NC(=O)c1c(-c2ccccc2)c(C2CC2)n2c1CN(C(=O)NC1CCCCC1)CC2. The highest BCUT2D eigenvalue weighted by atomic mass is 16.2. The first-order valence-corrected chi connectivity index (χ1v) is 11.3. The van der Waals surface area contributed by atoms with Crippen molar-refractivity contribution >= 4 is 11.9 Å². The standard InChI is InChI=1S/C24H30N4O2/c25-23(29)21-19-15-27(24(30)26-18-9-5-2-6-10-18)13-14-28(19)22(17-11-12-17)20(21)16-7-3-1-4-8-16/h1,3-4,7-8,17-18H,2,5-6,9-15H2,(H2,25,29)(H,26,30). The lowest BCUT2D eigenvalue weighted by atomic mass is 9.96. The summed E-state index contributed by atoms with van der Waals surface area (Å²) in [5.41, 5.74) is 10.7. The number of rotatable bonds is 4. The molecular formula is C24H30N4O2. The first kappa shape index (κ1) is 19.2. The smallest absolute Gasteiger partial charge is 0.318 e. The van der Waals surface area contributed by atoms with Gasteiger partial charge in [-0.25, -0.2) is 4.79 Å². The zero-order valence-electron chi connectivity index (χ0n) is 17.4. The average molecular weight is 407 g/mol. The number of primary amides is 1. The second kappa shape index (κ2) is 7.82. The van der Waals surface area contributed by atoms with Crippen LogP contribution in [0.1, 0.15) is 72.6 Å². The van der Waals surface area contributed by atoms with E-state index in [4.69, 9.17) is 5.73 Å². The number of fused-ring (bicyclic) bond motifs is 1. The van der Waals surface area contributed by atoms with Crippen molar-refractivity contribution in [3.05, 3.63) is 47.3 Å². The third kappa shape index (κ3) is 3.48. The molecule has 0 atom stereocenters. The van der Waals surface area contributed by atoms with Crippen molar-refractivity contribution in [2.45, 2.75) is 70.0 Å². The largest absolute Gasteiger partial charge is 0.366 e.